The summed E-state index contributed by atoms with van der Waals surface area (Å²) in [6.07, 6.45) is 0. The maximum atomic E-state index is 7.17. The van der Waals surface area contributed by atoms with Crippen molar-refractivity contribution in [3.63, 3.8) is 0 Å². The summed E-state index contributed by atoms with van der Waals surface area (Å²) in [5, 5.41) is 13.2. The number of hydrogen-bond donors (Lipinski definition) is 0. The van der Waals surface area contributed by atoms with E-state index in [-0.39, 0.29) is 43.7 Å². The first kappa shape index (κ1) is 33.1. The first-order valence-corrected chi connectivity index (χ1v) is 17.7. The van der Waals surface area contributed by atoms with Gasteiger partial charge in [0.15, 0.2) is 0 Å². The third-order valence-electron chi connectivity index (χ3n) is 11.4. The molecule has 228 valence electrons. The van der Waals surface area contributed by atoms with Gasteiger partial charge in [-0.3, -0.25) is 0 Å². The molecule has 0 aliphatic rings. The van der Waals surface area contributed by atoms with Crippen LogP contribution >= 0.6 is 0 Å². The highest BCUT2D eigenvalue weighted by atomic mass is 14.3. The van der Waals surface area contributed by atoms with Crippen LogP contribution in [0, 0.1) is 0 Å². The van der Waals surface area contributed by atoms with Crippen molar-refractivity contribution >= 4 is 182 Å². The summed E-state index contributed by atoms with van der Waals surface area (Å²) < 4.78 is 0. The average Bonchev–Trinajstić information content (AvgIpc) is 3.21. The number of hydrogen-bond acceptors (Lipinski definition) is 0. The summed E-state index contributed by atoms with van der Waals surface area (Å²) in [6.45, 7) is 0. The van der Waals surface area contributed by atoms with Gasteiger partial charge in [0.2, 0.25) is 0 Å². The molecule has 10 rings (SSSR count). The van der Waals surface area contributed by atoms with E-state index in [1.54, 1.807) is 0 Å². The fourth-order valence-electron chi connectivity index (χ4n) is 8.90. The van der Waals surface area contributed by atoms with Crippen molar-refractivity contribution in [1.29, 1.82) is 0 Å². The fraction of sp³-hybridized carbons (Fsp3) is 0. The van der Waals surface area contributed by atoms with Crippen LogP contribution in [0.5, 0.6) is 0 Å². The molecule has 0 amide bonds. The van der Waals surface area contributed by atoms with Crippen molar-refractivity contribution in [3.05, 3.63) is 121 Å². The summed E-state index contributed by atoms with van der Waals surface area (Å²) >= 11 is 0. The van der Waals surface area contributed by atoms with Crippen LogP contribution < -0.4 is 43.7 Å². The van der Waals surface area contributed by atoms with Crippen LogP contribution in [0.4, 0.5) is 0 Å². The van der Waals surface area contributed by atoms with Gasteiger partial charge in [0, 0.05) is 0 Å². The normalized spacial score (nSPS) is 11.9. The van der Waals surface area contributed by atoms with Crippen molar-refractivity contribution in [2.45, 2.75) is 0 Å². The van der Waals surface area contributed by atoms with Crippen LogP contribution in [0.25, 0.3) is 97.7 Å². The molecule has 0 saturated heterocycles. The summed E-state index contributed by atoms with van der Waals surface area (Å²) in [5.74, 6) is 0. The highest BCUT2D eigenvalue weighted by molar-refractivity contribution is 6.71. The lowest BCUT2D eigenvalue weighted by Gasteiger charge is -2.29. The van der Waals surface area contributed by atoms with Gasteiger partial charge >= 0.3 is 0 Å². The van der Waals surface area contributed by atoms with Gasteiger partial charge in [-0.25, -0.2) is 0 Å². The van der Waals surface area contributed by atoms with Gasteiger partial charge in [0.05, 0.1) is 0 Å². The summed E-state index contributed by atoms with van der Waals surface area (Å²) in [7, 11) is 55.5. The molecule has 10 aromatic carbocycles. The Morgan fingerprint density at radius 2 is 0.593 bits per heavy atom. The summed E-state index contributed by atoms with van der Waals surface area (Å²) in [5.41, 5.74) is 4.90. The maximum Gasteiger partial charge on any atom is 0.113 e. The second-order valence-corrected chi connectivity index (χ2v) is 14.1. The van der Waals surface area contributed by atoms with Crippen molar-refractivity contribution in [2.75, 3.05) is 0 Å². The molecule has 0 aromatic heterocycles. The van der Waals surface area contributed by atoms with Crippen molar-refractivity contribution in [3.8, 4) is 22.3 Å². The van der Waals surface area contributed by atoms with Crippen molar-refractivity contribution in [1.82, 2.24) is 0 Å². The smallest absolute Gasteiger partial charge is 0.110 e. The molecule has 0 saturated carbocycles. The van der Waals surface area contributed by atoms with E-state index in [2.05, 4.69) is 91.0 Å². The van der Waals surface area contributed by atoms with E-state index in [0.29, 0.717) is 32.7 Å². The molecule has 0 aliphatic carbocycles. The summed E-state index contributed by atoms with van der Waals surface area (Å²) in [4.78, 5) is 0. The highest BCUT2D eigenvalue weighted by Crippen LogP contribution is 2.47. The largest absolute Gasteiger partial charge is 0.113 e. The zero-order valence-corrected chi connectivity index (χ0v) is 29.2. The molecule has 0 nitrogen and oxygen atoms in total. The monoisotopic (exact) mass is 660 g/mol. The Kier molecular flexibility index (Phi) is 7.38. The number of fused-ring (bicyclic) bond motifs is 11. The minimum Gasteiger partial charge on any atom is -0.110 e. The Bertz CT molecular complexity index is 3230. The van der Waals surface area contributed by atoms with Crippen LogP contribution in [0.1, 0.15) is 0 Å². The van der Waals surface area contributed by atoms with Crippen LogP contribution in [0.15, 0.2) is 121 Å². The minimum atomic E-state index is 0.181. The lowest BCUT2D eigenvalue weighted by atomic mass is 9.59. The SMILES string of the molecule is [B]c1c([B])c([B])c2c(-c3cc4c5ccccc5c5ccccc5c4c4ccccc34)c3c([B])c([B])c([B])c([B])c3c(-c3cccc4ccccc34)c2c1[B]. The Balaban J connectivity index is 1.55. The molecule has 0 unspecified atom stereocenters. The highest BCUT2D eigenvalue weighted by Gasteiger charge is 2.27. The topological polar surface area (TPSA) is 0 Å². The van der Waals surface area contributed by atoms with E-state index in [4.69, 9.17) is 62.8 Å². The van der Waals surface area contributed by atoms with E-state index in [0.717, 1.165) is 59.6 Å². The summed E-state index contributed by atoms with van der Waals surface area (Å²) in [6, 6.07) is 41.8. The average molecular weight is 659 g/mol. The molecule has 0 fully saturated rings. The first-order valence-electron chi connectivity index (χ1n) is 17.7. The standard InChI is InChI=1S/C46H20B8/c47-39-35-33(27-19-9-11-21-10-1-2-12-22(21)27)36-38(42(50)46(54)44(52)40(36)48)34(37(35)41(49)45(53)43(39)51)31-20-30-25-15-4-3-13-23(25)24-14-5-7-17-28(24)32(30)29-18-8-6-16-26(29)31/h1-20H. The lowest BCUT2D eigenvalue weighted by molar-refractivity contribution is 1.73. The third-order valence-corrected chi connectivity index (χ3v) is 11.4. The quantitative estimate of drug-likeness (QED) is 0.152. The second kappa shape index (κ2) is 12.0. The van der Waals surface area contributed by atoms with E-state index in [1.807, 2.05) is 30.3 Å². The molecule has 10 aromatic rings. The molecule has 0 heterocycles. The Labute approximate surface area is 324 Å². The van der Waals surface area contributed by atoms with Gasteiger partial charge in [-0.1, -0.05) is 137 Å². The molecule has 16 radical (unpaired) electrons. The molecule has 0 aliphatic heterocycles. The fourth-order valence-corrected chi connectivity index (χ4v) is 8.90. The van der Waals surface area contributed by atoms with Crippen LogP contribution in [0.2, 0.25) is 0 Å². The molecule has 0 spiro atoms. The van der Waals surface area contributed by atoms with Gasteiger partial charge < -0.3 is 0 Å². The molecule has 0 atom stereocenters. The molecule has 54 heavy (non-hydrogen) atoms. The van der Waals surface area contributed by atoms with E-state index < -0.39 is 0 Å². The van der Waals surface area contributed by atoms with Crippen LogP contribution in [-0.4, -0.2) is 62.8 Å². The van der Waals surface area contributed by atoms with Crippen molar-refractivity contribution < 1.29 is 0 Å². The van der Waals surface area contributed by atoms with Crippen molar-refractivity contribution in [2.24, 2.45) is 0 Å². The zero-order valence-electron chi connectivity index (χ0n) is 29.2. The third kappa shape index (κ3) is 4.37. The molecule has 0 N–H and O–H groups in total. The molecule has 0 bridgehead atoms. The van der Waals surface area contributed by atoms with Gasteiger partial charge in [-0.2, -0.15) is 0 Å². The van der Waals surface area contributed by atoms with Gasteiger partial charge in [0.25, 0.3) is 0 Å². The van der Waals surface area contributed by atoms with Gasteiger partial charge in [0.1, 0.15) is 62.8 Å². The van der Waals surface area contributed by atoms with E-state index in [1.165, 1.54) is 5.39 Å². The molecule has 8 heteroatoms. The van der Waals surface area contributed by atoms with Crippen LogP contribution in [0.3, 0.4) is 0 Å². The van der Waals surface area contributed by atoms with E-state index in [9.17, 15) is 0 Å². The molecular weight excluding hydrogens is 639 g/mol. The minimum absolute atomic E-state index is 0.181. The van der Waals surface area contributed by atoms with Gasteiger partial charge in [-0.05, 0) is 104 Å². The van der Waals surface area contributed by atoms with Gasteiger partial charge in [-0.15, -0.1) is 21.9 Å². The Morgan fingerprint density at radius 1 is 0.241 bits per heavy atom. The Hall–Kier alpha value is -5.46. The number of benzene rings is 10. The second-order valence-electron chi connectivity index (χ2n) is 14.1. The predicted molar refractivity (Wildman–Crippen MR) is 243 cm³/mol. The van der Waals surface area contributed by atoms with Crippen LogP contribution in [-0.2, 0) is 0 Å². The van der Waals surface area contributed by atoms with E-state index >= 15 is 0 Å². The maximum absolute atomic E-state index is 7.17. The first-order chi connectivity index (χ1) is 26.2. The zero-order chi connectivity index (χ0) is 37.2. The Morgan fingerprint density at radius 3 is 1.11 bits per heavy atom. The number of rotatable bonds is 2. The molecular formula is C46H20B8. The lowest BCUT2D eigenvalue weighted by Crippen LogP contribution is -2.50. The predicted octanol–water partition coefficient (Wildman–Crippen LogP) is 3.44.